The standard InChI is InChI=1S/C11H19NO3/c1-10(2,3)12-8-4-5-11(12,9(13)14)7-15-6-8/h8H,4-7H2,1-3H3,(H,13,14). The summed E-state index contributed by atoms with van der Waals surface area (Å²) in [5, 5.41) is 9.43. The van der Waals surface area contributed by atoms with Crippen molar-refractivity contribution in [3.05, 3.63) is 0 Å². The summed E-state index contributed by atoms with van der Waals surface area (Å²) in [6.07, 6.45) is 1.65. The number of carbonyl (C=O) groups is 1. The molecule has 15 heavy (non-hydrogen) atoms. The molecule has 0 aliphatic carbocycles. The van der Waals surface area contributed by atoms with Gasteiger partial charge in [0.2, 0.25) is 0 Å². The molecule has 2 saturated heterocycles. The molecule has 2 atom stereocenters. The third-order valence-corrected chi connectivity index (χ3v) is 3.49. The number of rotatable bonds is 1. The Bertz CT molecular complexity index is 280. The van der Waals surface area contributed by atoms with Crippen LogP contribution in [0.1, 0.15) is 33.6 Å². The minimum absolute atomic E-state index is 0.108. The van der Waals surface area contributed by atoms with Crippen LogP contribution in [-0.2, 0) is 9.53 Å². The van der Waals surface area contributed by atoms with Gasteiger partial charge in [0.1, 0.15) is 5.54 Å². The van der Waals surface area contributed by atoms with Crippen molar-refractivity contribution < 1.29 is 14.6 Å². The summed E-state index contributed by atoms with van der Waals surface area (Å²) in [5.74, 6) is -0.736. The zero-order chi connectivity index (χ0) is 11.3. The van der Waals surface area contributed by atoms with Crippen LogP contribution in [0.3, 0.4) is 0 Å². The monoisotopic (exact) mass is 213 g/mol. The Morgan fingerprint density at radius 2 is 2.20 bits per heavy atom. The Hall–Kier alpha value is -0.610. The van der Waals surface area contributed by atoms with Gasteiger partial charge in [0, 0.05) is 11.6 Å². The summed E-state index contributed by atoms with van der Waals surface area (Å²) in [4.78, 5) is 13.6. The van der Waals surface area contributed by atoms with Crippen molar-refractivity contribution >= 4 is 5.97 Å². The van der Waals surface area contributed by atoms with Gasteiger partial charge >= 0.3 is 5.97 Å². The third-order valence-electron chi connectivity index (χ3n) is 3.49. The maximum Gasteiger partial charge on any atom is 0.326 e. The van der Waals surface area contributed by atoms with E-state index >= 15 is 0 Å². The SMILES string of the molecule is CC(C)(C)N1C2CCC1(C(=O)O)COC2. The largest absolute Gasteiger partial charge is 0.480 e. The van der Waals surface area contributed by atoms with Crippen molar-refractivity contribution in [2.75, 3.05) is 13.2 Å². The molecule has 86 valence electrons. The predicted octanol–water partition coefficient (Wildman–Crippen LogP) is 1.10. The average molecular weight is 213 g/mol. The molecular formula is C11H19NO3. The fourth-order valence-electron chi connectivity index (χ4n) is 3.13. The first kappa shape index (κ1) is 10.9. The second-order valence-electron chi connectivity index (χ2n) is 5.59. The van der Waals surface area contributed by atoms with E-state index in [2.05, 4.69) is 25.7 Å². The van der Waals surface area contributed by atoms with Crippen LogP contribution in [0, 0.1) is 0 Å². The molecule has 0 aromatic rings. The summed E-state index contributed by atoms with van der Waals surface area (Å²) in [5.41, 5.74) is -0.884. The summed E-state index contributed by atoms with van der Waals surface area (Å²) in [6, 6.07) is 0.273. The van der Waals surface area contributed by atoms with Crippen molar-refractivity contribution in [3.8, 4) is 0 Å². The maximum absolute atomic E-state index is 11.5. The number of hydrogen-bond donors (Lipinski definition) is 1. The average Bonchev–Trinajstić information content (AvgIpc) is 2.35. The highest BCUT2D eigenvalue weighted by Gasteiger charge is 2.58. The van der Waals surface area contributed by atoms with Crippen molar-refractivity contribution in [3.63, 3.8) is 0 Å². The number of aliphatic carboxylic acids is 1. The Kier molecular flexibility index (Phi) is 2.32. The molecule has 4 nitrogen and oxygen atoms in total. The smallest absolute Gasteiger partial charge is 0.326 e. The van der Waals surface area contributed by atoms with Gasteiger partial charge in [-0.05, 0) is 33.6 Å². The minimum atomic E-state index is -0.777. The molecule has 0 saturated carbocycles. The second-order valence-corrected chi connectivity index (χ2v) is 5.59. The van der Waals surface area contributed by atoms with Gasteiger partial charge in [-0.25, -0.2) is 0 Å². The fourth-order valence-corrected chi connectivity index (χ4v) is 3.13. The zero-order valence-corrected chi connectivity index (χ0v) is 9.62. The lowest BCUT2D eigenvalue weighted by atomic mass is 9.92. The first-order chi connectivity index (χ1) is 6.88. The first-order valence-electron chi connectivity index (χ1n) is 5.48. The molecule has 2 fully saturated rings. The van der Waals surface area contributed by atoms with Crippen LogP contribution in [0.25, 0.3) is 0 Å². The molecule has 0 aromatic carbocycles. The molecule has 0 aromatic heterocycles. The predicted molar refractivity (Wildman–Crippen MR) is 55.8 cm³/mol. The van der Waals surface area contributed by atoms with E-state index in [-0.39, 0.29) is 11.6 Å². The molecule has 4 heteroatoms. The van der Waals surface area contributed by atoms with Crippen molar-refractivity contribution in [2.45, 2.75) is 50.7 Å². The van der Waals surface area contributed by atoms with Crippen molar-refractivity contribution in [2.24, 2.45) is 0 Å². The number of nitrogens with zero attached hydrogens (tertiary/aromatic N) is 1. The molecule has 1 N–H and O–H groups in total. The van der Waals surface area contributed by atoms with E-state index in [1.165, 1.54) is 0 Å². The Balaban J connectivity index is 2.39. The Morgan fingerprint density at radius 3 is 2.67 bits per heavy atom. The molecule has 2 unspecified atom stereocenters. The summed E-state index contributed by atoms with van der Waals surface area (Å²) in [6.45, 7) is 7.24. The number of fused-ring (bicyclic) bond motifs is 2. The van der Waals surface area contributed by atoms with Crippen molar-refractivity contribution in [1.29, 1.82) is 0 Å². The second kappa shape index (κ2) is 3.19. The number of ether oxygens (including phenoxy) is 1. The van der Waals surface area contributed by atoms with Crippen LogP contribution in [-0.4, -0.2) is 46.3 Å². The van der Waals surface area contributed by atoms with E-state index in [4.69, 9.17) is 4.74 Å². The van der Waals surface area contributed by atoms with Gasteiger partial charge in [-0.1, -0.05) is 0 Å². The molecule has 2 bridgehead atoms. The van der Waals surface area contributed by atoms with Gasteiger partial charge in [-0.2, -0.15) is 0 Å². The van der Waals surface area contributed by atoms with E-state index in [1.54, 1.807) is 0 Å². The van der Waals surface area contributed by atoms with Gasteiger partial charge in [0.05, 0.1) is 13.2 Å². The van der Waals surface area contributed by atoms with Crippen LogP contribution < -0.4 is 0 Å². The van der Waals surface area contributed by atoms with Crippen LogP contribution in [0.15, 0.2) is 0 Å². The zero-order valence-electron chi connectivity index (χ0n) is 9.62. The van der Waals surface area contributed by atoms with E-state index in [0.717, 1.165) is 6.42 Å². The molecule has 2 aliphatic rings. The lowest BCUT2D eigenvalue weighted by molar-refractivity contribution is -0.171. The highest BCUT2D eigenvalue weighted by molar-refractivity contribution is 5.80. The van der Waals surface area contributed by atoms with E-state index in [0.29, 0.717) is 19.6 Å². The van der Waals surface area contributed by atoms with E-state index in [1.807, 2.05) is 0 Å². The van der Waals surface area contributed by atoms with Gasteiger partial charge in [-0.15, -0.1) is 0 Å². The van der Waals surface area contributed by atoms with Crippen molar-refractivity contribution in [1.82, 2.24) is 4.90 Å². The highest BCUT2D eigenvalue weighted by Crippen LogP contribution is 2.42. The van der Waals surface area contributed by atoms with Gasteiger partial charge in [0.15, 0.2) is 0 Å². The van der Waals surface area contributed by atoms with Crippen LogP contribution >= 0.6 is 0 Å². The third kappa shape index (κ3) is 1.47. The minimum Gasteiger partial charge on any atom is -0.480 e. The normalized spacial score (nSPS) is 36.9. The molecule has 2 rings (SSSR count). The van der Waals surface area contributed by atoms with Crippen LogP contribution in [0.2, 0.25) is 0 Å². The Morgan fingerprint density at radius 1 is 1.53 bits per heavy atom. The van der Waals surface area contributed by atoms with Gasteiger partial charge < -0.3 is 9.84 Å². The topological polar surface area (TPSA) is 49.8 Å². The summed E-state index contributed by atoms with van der Waals surface area (Å²) >= 11 is 0. The molecule has 2 aliphatic heterocycles. The summed E-state index contributed by atoms with van der Waals surface area (Å²) < 4.78 is 5.42. The van der Waals surface area contributed by atoms with E-state index < -0.39 is 11.5 Å². The quantitative estimate of drug-likeness (QED) is 0.708. The fraction of sp³-hybridized carbons (Fsp3) is 0.909. The number of carboxylic acid groups (broad SMARTS) is 1. The lowest BCUT2D eigenvalue weighted by Gasteiger charge is -2.49. The van der Waals surface area contributed by atoms with Crippen LogP contribution in [0.5, 0.6) is 0 Å². The maximum atomic E-state index is 11.5. The molecule has 2 heterocycles. The summed E-state index contributed by atoms with van der Waals surface area (Å²) in [7, 11) is 0. The van der Waals surface area contributed by atoms with Crippen LogP contribution in [0.4, 0.5) is 0 Å². The Labute approximate surface area is 90.2 Å². The van der Waals surface area contributed by atoms with Gasteiger partial charge in [-0.3, -0.25) is 9.69 Å². The molecule has 0 spiro atoms. The lowest BCUT2D eigenvalue weighted by Crippen LogP contribution is -2.65. The number of morpholine rings is 1. The molecule has 0 radical (unpaired) electrons. The molecule has 0 amide bonds. The molecular weight excluding hydrogens is 194 g/mol. The van der Waals surface area contributed by atoms with Gasteiger partial charge in [0.25, 0.3) is 0 Å². The highest BCUT2D eigenvalue weighted by atomic mass is 16.5. The number of carboxylic acids is 1. The number of hydrogen-bond acceptors (Lipinski definition) is 3. The first-order valence-corrected chi connectivity index (χ1v) is 5.48. The van der Waals surface area contributed by atoms with E-state index in [9.17, 15) is 9.90 Å².